The number of hydrogen-bond acceptors (Lipinski definition) is 4. The van der Waals surface area contributed by atoms with Crippen molar-refractivity contribution in [3.63, 3.8) is 0 Å². The molecule has 0 amide bonds. The number of rotatable bonds is 5. The number of ether oxygens (including phenoxy) is 1. The fourth-order valence-electron chi connectivity index (χ4n) is 2.09. The summed E-state index contributed by atoms with van der Waals surface area (Å²) < 4.78 is 10.5. The number of carbonyl (C=O) groups excluding carboxylic acids is 2. The molecule has 0 aliphatic rings. The van der Waals surface area contributed by atoms with Crippen LogP contribution in [0.2, 0.25) is 0 Å². The molecule has 0 fully saturated rings. The molecule has 1 atom stereocenters. The summed E-state index contributed by atoms with van der Waals surface area (Å²) in [7, 11) is 0. The maximum absolute atomic E-state index is 12.3. The minimum atomic E-state index is -0.840. The lowest BCUT2D eigenvalue weighted by Gasteiger charge is -2.11. The third-order valence-corrected chi connectivity index (χ3v) is 3.60. The fraction of sp³-hybridized carbons (Fsp3) is 0.263. The van der Waals surface area contributed by atoms with E-state index >= 15 is 0 Å². The van der Waals surface area contributed by atoms with E-state index < -0.39 is 12.1 Å². The van der Waals surface area contributed by atoms with Gasteiger partial charge in [0.2, 0.25) is 5.78 Å². The first kappa shape index (κ1) is 16.7. The van der Waals surface area contributed by atoms with E-state index in [4.69, 9.17) is 9.15 Å². The second-order valence-corrected chi connectivity index (χ2v) is 5.52. The van der Waals surface area contributed by atoms with Crippen LogP contribution in [0.25, 0.3) is 6.08 Å². The highest BCUT2D eigenvalue weighted by atomic mass is 16.5. The van der Waals surface area contributed by atoms with Gasteiger partial charge in [-0.15, -0.1) is 0 Å². The molecule has 0 saturated carbocycles. The summed E-state index contributed by atoms with van der Waals surface area (Å²) >= 11 is 0. The van der Waals surface area contributed by atoms with Gasteiger partial charge >= 0.3 is 5.97 Å². The first-order chi connectivity index (χ1) is 10.9. The lowest BCUT2D eigenvalue weighted by Crippen LogP contribution is -2.23. The highest BCUT2D eigenvalue weighted by Gasteiger charge is 2.18. The maximum atomic E-state index is 12.3. The highest BCUT2D eigenvalue weighted by molar-refractivity contribution is 6.01. The Hall–Kier alpha value is -2.62. The first-order valence-corrected chi connectivity index (χ1v) is 7.43. The molecular weight excluding hydrogens is 292 g/mol. The van der Waals surface area contributed by atoms with Gasteiger partial charge in [-0.05, 0) is 63.1 Å². The Balaban J connectivity index is 1.98. The van der Waals surface area contributed by atoms with Crippen molar-refractivity contribution in [2.75, 3.05) is 0 Å². The Bertz CT molecular complexity index is 752. The second-order valence-electron chi connectivity index (χ2n) is 5.52. The Kier molecular flexibility index (Phi) is 5.16. The van der Waals surface area contributed by atoms with Gasteiger partial charge in [-0.25, -0.2) is 4.79 Å². The van der Waals surface area contributed by atoms with Crippen molar-refractivity contribution in [1.29, 1.82) is 0 Å². The van der Waals surface area contributed by atoms with E-state index in [1.165, 1.54) is 12.2 Å². The SMILES string of the molecule is Cc1ccc(/C=C/C(=O)O[C@@H](C)C(=O)c2ccc(C)c(C)c2)o1. The van der Waals surface area contributed by atoms with Gasteiger partial charge in [0.25, 0.3) is 0 Å². The molecule has 0 radical (unpaired) electrons. The summed E-state index contributed by atoms with van der Waals surface area (Å²) in [5.74, 6) is 0.524. The van der Waals surface area contributed by atoms with Gasteiger partial charge in [-0.3, -0.25) is 4.79 Å². The minimum absolute atomic E-state index is 0.219. The second kappa shape index (κ2) is 7.09. The quantitative estimate of drug-likeness (QED) is 0.475. The normalized spacial score (nSPS) is 12.3. The van der Waals surface area contributed by atoms with Crippen LogP contribution in [0.4, 0.5) is 0 Å². The number of esters is 1. The van der Waals surface area contributed by atoms with Crippen molar-refractivity contribution in [1.82, 2.24) is 0 Å². The van der Waals surface area contributed by atoms with Crippen molar-refractivity contribution in [2.45, 2.75) is 33.8 Å². The lowest BCUT2D eigenvalue weighted by molar-refractivity contribution is -0.140. The van der Waals surface area contributed by atoms with Crippen LogP contribution in [-0.2, 0) is 9.53 Å². The Morgan fingerprint density at radius 2 is 1.83 bits per heavy atom. The van der Waals surface area contributed by atoms with E-state index in [-0.39, 0.29) is 5.78 Å². The van der Waals surface area contributed by atoms with Gasteiger partial charge in [0.15, 0.2) is 6.10 Å². The Morgan fingerprint density at radius 1 is 1.09 bits per heavy atom. The summed E-state index contributed by atoms with van der Waals surface area (Å²) in [5, 5.41) is 0. The van der Waals surface area contributed by atoms with Crippen molar-refractivity contribution >= 4 is 17.8 Å². The molecule has 0 aliphatic carbocycles. The zero-order valence-electron chi connectivity index (χ0n) is 13.8. The molecule has 0 aliphatic heterocycles. The molecule has 1 aromatic carbocycles. The number of aryl methyl sites for hydroxylation is 3. The monoisotopic (exact) mass is 312 g/mol. The maximum Gasteiger partial charge on any atom is 0.331 e. The first-order valence-electron chi connectivity index (χ1n) is 7.43. The Morgan fingerprint density at radius 3 is 2.43 bits per heavy atom. The van der Waals surface area contributed by atoms with Gasteiger partial charge in [-0.1, -0.05) is 12.1 Å². The smallest absolute Gasteiger partial charge is 0.331 e. The molecule has 0 unspecified atom stereocenters. The van der Waals surface area contributed by atoms with Gasteiger partial charge in [0.05, 0.1) is 0 Å². The van der Waals surface area contributed by atoms with Crippen molar-refractivity contribution in [2.24, 2.45) is 0 Å². The van der Waals surface area contributed by atoms with E-state index in [0.29, 0.717) is 11.3 Å². The summed E-state index contributed by atoms with van der Waals surface area (Å²) in [6, 6.07) is 9.00. The highest BCUT2D eigenvalue weighted by Crippen LogP contribution is 2.13. The zero-order valence-corrected chi connectivity index (χ0v) is 13.8. The molecule has 2 aromatic rings. The number of furan rings is 1. The van der Waals surface area contributed by atoms with Crippen molar-refractivity contribution in [3.8, 4) is 0 Å². The zero-order chi connectivity index (χ0) is 17.0. The summed E-state index contributed by atoms with van der Waals surface area (Å²) in [6.45, 7) is 7.31. The fourth-order valence-corrected chi connectivity index (χ4v) is 2.09. The average Bonchev–Trinajstić information content (AvgIpc) is 2.93. The topological polar surface area (TPSA) is 56.5 Å². The largest absolute Gasteiger partial charge is 0.462 e. The van der Waals surface area contributed by atoms with Crippen LogP contribution in [-0.4, -0.2) is 17.9 Å². The number of ketones is 1. The number of Topliss-reactive ketones (excluding diaryl/α,β-unsaturated/α-hetero) is 1. The van der Waals surface area contributed by atoms with Crippen molar-refractivity contribution < 1.29 is 18.7 Å². The molecule has 0 N–H and O–H groups in total. The molecule has 1 heterocycles. The van der Waals surface area contributed by atoms with Crippen LogP contribution in [0, 0.1) is 20.8 Å². The van der Waals surface area contributed by atoms with E-state index in [2.05, 4.69) is 0 Å². The molecule has 23 heavy (non-hydrogen) atoms. The number of hydrogen-bond donors (Lipinski definition) is 0. The van der Waals surface area contributed by atoms with Gasteiger partial charge in [-0.2, -0.15) is 0 Å². The van der Waals surface area contributed by atoms with Gasteiger partial charge < -0.3 is 9.15 Å². The van der Waals surface area contributed by atoms with E-state index in [0.717, 1.165) is 16.9 Å². The van der Waals surface area contributed by atoms with E-state index in [1.807, 2.05) is 32.9 Å². The minimum Gasteiger partial charge on any atom is -0.462 e. The molecular formula is C19H20O4. The van der Waals surface area contributed by atoms with Gasteiger partial charge in [0, 0.05) is 11.6 Å². The molecule has 0 spiro atoms. The van der Waals surface area contributed by atoms with Crippen LogP contribution in [0.1, 0.15) is 39.9 Å². The molecule has 4 heteroatoms. The summed E-state index contributed by atoms with van der Waals surface area (Å²) in [5.41, 5.74) is 2.68. The van der Waals surface area contributed by atoms with Crippen molar-refractivity contribution in [3.05, 3.63) is 64.6 Å². The molecule has 0 bridgehead atoms. The number of benzene rings is 1. The predicted octanol–water partition coefficient (Wildman–Crippen LogP) is 4.03. The van der Waals surface area contributed by atoms with E-state index in [1.54, 1.807) is 25.1 Å². The van der Waals surface area contributed by atoms with Gasteiger partial charge in [0.1, 0.15) is 11.5 Å². The average molecular weight is 312 g/mol. The third-order valence-electron chi connectivity index (χ3n) is 3.60. The Labute approximate surface area is 135 Å². The molecule has 0 saturated heterocycles. The standard InChI is InChI=1S/C19H20O4/c1-12-5-7-16(11-13(12)2)19(21)15(4)23-18(20)10-9-17-8-6-14(3)22-17/h5-11,15H,1-4H3/b10-9+/t15-/m0/s1. The van der Waals surface area contributed by atoms with Crippen LogP contribution in [0.5, 0.6) is 0 Å². The number of carbonyl (C=O) groups is 2. The van der Waals surface area contributed by atoms with E-state index in [9.17, 15) is 9.59 Å². The molecule has 2 rings (SSSR count). The van der Waals surface area contributed by atoms with Crippen LogP contribution >= 0.6 is 0 Å². The predicted molar refractivity (Wildman–Crippen MR) is 88.3 cm³/mol. The molecule has 4 nitrogen and oxygen atoms in total. The van der Waals surface area contributed by atoms with Crippen LogP contribution in [0.15, 0.2) is 40.8 Å². The lowest BCUT2D eigenvalue weighted by atomic mass is 10.0. The third kappa shape index (κ3) is 4.42. The molecule has 1 aromatic heterocycles. The van der Waals surface area contributed by atoms with Crippen LogP contribution < -0.4 is 0 Å². The van der Waals surface area contributed by atoms with Crippen LogP contribution in [0.3, 0.4) is 0 Å². The summed E-state index contributed by atoms with van der Waals surface area (Å²) in [4.78, 5) is 24.1. The summed E-state index contributed by atoms with van der Waals surface area (Å²) in [6.07, 6.45) is 1.93. The molecule has 120 valence electrons.